The number of imidazole rings is 1. The van der Waals surface area contributed by atoms with Gasteiger partial charge in [-0.15, -0.1) is 0 Å². The zero-order chi connectivity index (χ0) is 24.1. The highest BCUT2D eigenvalue weighted by Gasteiger charge is 2.17. The minimum atomic E-state index is -0.409. The molecule has 0 radical (unpaired) electrons. The molecule has 0 saturated heterocycles. The van der Waals surface area contributed by atoms with E-state index in [1.807, 2.05) is 53.4 Å². The van der Waals surface area contributed by atoms with Crippen molar-refractivity contribution >= 4 is 17.1 Å². The standard InChI is InChI=1S/C26H29N5O3/c1-28-24-23(25(33)29(2)26(28)34)31(19-27-24)16-9-14-22(32)30(18-21-12-7-4-8-13-21)17-15-20-10-5-3-6-11-20/h3-8,10-13,19H,9,14-18H2,1-2H3. The highest BCUT2D eigenvalue weighted by molar-refractivity contribution is 5.76. The summed E-state index contributed by atoms with van der Waals surface area (Å²) in [4.78, 5) is 44.1. The van der Waals surface area contributed by atoms with Gasteiger partial charge in [0.2, 0.25) is 5.91 Å². The fraction of sp³-hybridized carbons (Fsp3) is 0.308. The molecule has 0 aliphatic carbocycles. The highest BCUT2D eigenvalue weighted by atomic mass is 16.2. The van der Waals surface area contributed by atoms with Crippen LogP contribution in [0.4, 0.5) is 0 Å². The van der Waals surface area contributed by atoms with Gasteiger partial charge in [0.1, 0.15) is 0 Å². The van der Waals surface area contributed by atoms with Crippen molar-refractivity contribution < 1.29 is 4.79 Å². The molecule has 0 unspecified atom stereocenters. The van der Waals surface area contributed by atoms with Crippen LogP contribution in [0.5, 0.6) is 0 Å². The molecule has 4 aromatic rings. The number of carbonyl (C=O) groups is 1. The number of fused-ring (bicyclic) bond motifs is 1. The molecule has 2 aromatic heterocycles. The zero-order valence-electron chi connectivity index (χ0n) is 19.6. The van der Waals surface area contributed by atoms with Crippen molar-refractivity contribution in [2.75, 3.05) is 6.54 Å². The van der Waals surface area contributed by atoms with Crippen LogP contribution in [0.15, 0.2) is 76.6 Å². The average Bonchev–Trinajstić information content (AvgIpc) is 3.29. The summed E-state index contributed by atoms with van der Waals surface area (Å²) in [5.41, 5.74) is 2.23. The number of carbonyl (C=O) groups excluding carboxylic acids is 1. The number of aromatic nitrogens is 4. The van der Waals surface area contributed by atoms with Gasteiger partial charge in [-0.25, -0.2) is 9.78 Å². The summed E-state index contributed by atoms with van der Waals surface area (Å²) in [5, 5.41) is 0. The van der Waals surface area contributed by atoms with Gasteiger partial charge in [0.25, 0.3) is 5.56 Å². The van der Waals surface area contributed by atoms with Crippen molar-refractivity contribution in [3.63, 3.8) is 0 Å². The van der Waals surface area contributed by atoms with Crippen LogP contribution in [0.25, 0.3) is 11.2 Å². The maximum atomic E-state index is 13.2. The summed E-state index contributed by atoms with van der Waals surface area (Å²) >= 11 is 0. The third-order valence-electron chi connectivity index (χ3n) is 6.09. The molecule has 0 saturated carbocycles. The summed E-state index contributed by atoms with van der Waals surface area (Å²) in [6, 6.07) is 20.1. The van der Waals surface area contributed by atoms with Gasteiger partial charge in [0.05, 0.1) is 6.33 Å². The summed E-state index contributed by atoms with van der Waals surface area (Å²) in [6.45, 7) is 1.66. The second-order valence-electron chi connectivity index (χ2n) is 8.46. The Hall–Kier alpha value is -3.94. The summed E-state index contributed by atoms with van der Waals surface area (Å²) in [6.07, 6.45) is 3.27. The van der Waals surface area contributed by atoms with Gasteiger partial charge in [0.15, 0.2) is 11.2 Å². The van der Waals surface area contributed by atoms with Gasteiger partial charge in [0, 0.05) is 40.2 Å². The third-order valence-corrected chi connectivity index (χ3v) is 6.09. The van der Waals surface area contributed by atoms with E-state index >= 15 is 0 Å². The van der Waals surface area contributed by atoms with Gasteiger partial charge in [-0.05, 0) is 24.0 Å². The molecule has 2 heterocycles. The van der Waals surface area contributed by atoms with Crippen molar-refractivity contribution in [3.05, 3.63) is 99.0 Å². The van der Waals surface area contributed by atoms with Crippen LogP contribution in [0.3, 0.4) is 0 Å². The van der Waals surface area contributed by atoms with Crippen LogP contribution in [0, 0.1) is 0 Å². The number of amides is 1. The molecule has 0 N–H and O–H groups in total. The lowest BCUT2D eigenvalue weighted by molar-refractivity contribution is -0.132. The fourth-order valence-corrected chi connectivity index (χ4v) is 4.13. The maximum Gasteiger partial charge on any atom is 0.332 e. The predicted molar refractivity (Wildman–Crippen MR) is 131 cm³/mol. The van der Waals surface area contributed by atoms with E-state index in [0.717, 1.165) is 16.6 Å². The molecule has 176 valence electrons. The van der Waals surface area contributed by atoms with E-state index in [-0.39, 0.29) is 11.5 Å². The fourth-order valence-electron chi connectivity index (χ4n) is 4.13. The predicted octanol–water partition coefficient (Wildman–Crippen LogP) is 2.49. The largest absolute Gasteiger partial charge is 0.338 e. The molecule has 4 rings (SSSR count). The summed E-state index contributed by atoms with van der Waals surface area (Å²) in [5.74, 6) is 0.0736. The SMILES string of the molecule is Cn1c(=O)c2c(ncn2CCCC(=O)N(CCc2ccccc2)Cc2ccccc2)n(C)c1=O. The molecule has 0 atom stereocenters. The van der Waals surface area contributed by atoms with E-state index in [1.165, 1.54) is 17.2 Å². The molecular formula is C26H29N5O3. The molecule has 0 fully saturated rings. The average molecular weight is 460 g/mol. The first kappa shape index (κ1) is 23.2. The molecule has 34 heavy (non-hydrogen) atoms. The summed E-state index contributed by atoms with van der Waals surface area (Å²) < 4.78 is 4.18. The van der Waals surface area contributed by atoms with Crippen LogP contribution in [0.1, 0.15) is 24.0 Å². The second-order valence-corrected chi connectivity index (χ2v) is 8.46. The van der Waals surface area contributed by atoms with E-state index < -0.39 is 5.69 Å². The first-order chi connectivity index (χ1) is 16.5. The lowest BCUT2D eigenvalue weighted by Gasteiger charge is -2.23. The molecule has 8 heteroatoms. The normalized spacial score (nSPS) is 11.1. The second kappa shape index (κ2) is 10.3. The molecule has 0 aliphatic heterocycles. The maximum absolute atomic E-state index is 13.2. The van der Waals surface area contributed by atoms with Crippen LogP contribution < -0.4 is 11.2 Å². The Morgan fingerprint density at radius 2 is 1.56 bits per heavy atom. The Bertz CT molecular complexity index is 1390. The van der Waals surface area contributed by atoms with Crippen molar-refractivity contribution in [3.8, 4) is 0 Å². The van der Waals surface area contributed by atoms with E-state index in [0.29, 0.717) is 43.6 Å². The lowest BCUT2D eigenvalue weighted by Crippen LogP contribution is -2.37. The number of hydrogen-bond acceptors (Lipinski definition) is 4. The first-order valence-corrected chi connectivity index (χ1v) is 11.4. The van der Waals surface area contributed by atoms with Crippen molar-refractivity contribution in [1.29, 1.82) is 0 Å². The number of benzene rings is 2. The van der Waals surface area contributed by atoms with Crippen LogP contribution in [-0.2, 0) is 38.4 Å². The molecule has 0 aliphatic rings. The molecular weight excluding hydrogens is 430 g/mol. The molecule has 1 amide bonds. The van der Waals surface area contributed by atoms with Crippen LogP contribution >= 0.6 is 0 Å². The van der Waals surface area contributed by atoms with Crippen molar-refractivity contribution in [2.24, 2.45) is 14.1 Å². The zero-order valence-corrected chi connectivity index (χ0v) is 19.6. The number of rotatable bonds is 9. The van der Waals surface area contributed by atoms with Crippen molar-refractivity contribution in [2.45, 2.75) is 32.4 Å². The number of hydrogen-bond donors (Lipinski definition) is 0. The smallest absolute Gasteiger partial charge is 0.332 e. The molecule has 8 nitrogen and oxygen atoms in total. The molecule has 2 aromatic carbocycles. The lowest BCUT2D eigenvalue weighted by atomic mass is 10.1. The minimum Gasteiger partial charge on any atom is -0.338 e. The Morgan fingerprint density at radius 1 is 0.912 bits per heavy atom. The Labute approximate surface area is 197 Å². The minimum absolute atomic E-state index is 0.0736. The van der Waals surface area contributed by atoms with Gasteiger partial charge in [-0.3, -0.25) is 18.7 Å². The Balaban J connectivity index is 1.45. The topological polar surface area (TPSA) is 82.1 Å². The quantitative estimate of drug-likeness (QED) is 0.385. The molecule has 0 spiro atoms. The number of nitrogens with zero attached hydrogens (tertiary/aromatic N) is 5. The van der Waals surface area contributed by atoms with Crippen molar-refractivity contribution in [1.82, 2.24) is 23.6 Å². The van der Waals surface area contributed by atoms with Gasteiger partial charge in [-0.2, -0.15) is 0 Å². The highest BCUT2D eigenvalue weighted by Crippen LogP contribution is 2.12. The van der Waals surface area contributed by atoms with Gasteiger partial charge < -0.3 is 9.47 Å². The Morgan fingerprint density at radius 3 is 2.24 bits per heavy atom. The van der Waals surface area contributed by atoms with E-state index in [2.05, 4.69) is 17.1 Å². The van der Waals surface area contributed by atoms with Crippen LogP contribution in [-0.4, -0.2) is 36.0 Å². The molecule has 0 bridgehead atoms. The Kier molecular flexibility index (Phi) is 7.06. The van der Waals surface area contributed by atoms with Gasteiger partial charge in [-0.1, -0.05) is 60.7 Å². The van der Waals surface area contributed by atoms with E-state index in [1.54, 1.807) is 17.9 Å². The third kappa shape index (κ3) is 5.01. The van der Waals surface area contributed by atoms with Gasteiger partial charge >= 0.3 is 5.69 Å². The summed E-state index contributed by atoms with van der Waals surface area (Å²) in [7, 11) is 3.05. The number of aryl methyl sites for hydroxylation is 2. The van der Waals surface area contributed by atoms with E-state index in [9.17, 15) is 14.4 Å². The van der Waals surface area contributed by atoms with Crippen LogP contribution in [0.2, 0.25) is 0 Å². The monoisotopic (exact) mass is 459 g/mol. The van der Waals surface area contributed by atoms with E-state index in [4.69, 9.17) is 0 Å². The first-order valence-electron chi connectivity index (χ1n) is 11.4.